The molecule has 1 fully saturated rings. The molecule has 0 saturated heterocycles. The lowest BCUT2D eigenvalue weighted by Crippen LogP contribution is -2.29. The second-order valence-corrected chi connectivity index (χ2v) is 8.06. The van der Waals surface area contributed by atoms with E-state index < -0.39 is 0 Å². The molecule has 1 aromatic carbocycles. The summed E-state index contributed by atoms with van der Waals surface area (Å²) < 4.78 is 1.95. The Morgan fingerprint density at radius 1 is 1.04 bits per heavy atom. The number of aryl methyl sites for hydroxylation is 2. The van der Waals surface area contributed by atoms with Gasteiger partial charge in [0.15, 0.2) is 0 Å². The van der Waals surface area contributed by atoms with Gasteiger partial charge in [-0.2, -0.15) is 0 Å². The zero-order valence-electron chi connectivity index (χ0n) is 17.7. The van der Waals surface area contributed by atoms with E-state index in [1.807, 2.05) is 64.4 Å². The van der Waals surface area contributed by atoms with Crippen LogP contribution in [0.25, 0.3) is 5.69 Å². The maximum absolute atomic E-state index is 11.7. The molecule has 152 valence electrons. The molecule has 3 rings (SSSR count). The number of hydrogen-bond acceptors (Lipinski definition) is 3. The van der Waals surface area contributed by atoms with Crippen molar-refractivity contribution in [3.05, 3.63) is 42.0 Å². The van der Waals surface area contributed by atoms with Crippen molar-refractivity contribution in [2.24, 2.45) is 11.8 Å². The Hall–Kier alpha value is -2.63. The van der Waals surface area contributed by atoms with Crippen LogP contribution in [0, 0.1) is 25.7 Å². The molecule has 28 heavy (non-hydrogen) atoms. The van der Waals surface area contributed by atoms with E-state index in [1.54, 1.807) is 6.33 Å². The van der Waals surface area contributed by atoms with Gasteiger partial charge in [-0.05, 0) is 50.5 Å². The van der Waals surface area contributed by atoms with Crippen LogP contribution in [0.3, 0.4) is 0 Å². The van der Waals surface area contributed by atoms with Crippen molar-refractivity contribution in [1.82, 2.24) is 14.9 Å². The molecule has 2 amide bonds. The summed E-state index contributed by atoms with van der Waals surface area (Å²) in [6, 6.07) is 6.49. The normalized spacial score (nSPS) is 13.1. The molecule has 6 nitrogen and oxygen atoms in total. The Bertz CT molecular complexity index is 820. The Kier molecular flexibility index (Phi) is 7.38. The minimum atomic E-state index is -0.0283. The van der Waals surface area contributed by atoms with Gasteiger partial charge in [-0.1, -0.05) is 27.7 Å². The molecule has 0 spiro atoms. The first-order chi connectivity index (χ1) is 13.2. The third kappa shape index (κ3) is 6.83. The quantitative estimate of drug-likeness (QED) is 0.818. The van der Waals surface area contributed by atoms with E-state index in [0.717, 1.165) is 22.6 Å². The summed E-state index contributed by atoms with van der Waals surface area (Å²) in [5.74, 6) is 0.334. The lowest BCUT2D eigenvalue weighted by Gasteiger charge is -2.11. The van der Waals surface area contributed by atoms with Crippen LogP contribution in [0.15, 0.2) is 30.7 Å². The number of hydrogen-bond donors (Lipinski definition) is 2. The highest BCUT2D eigenvalue weighted by Crippen LogP contribution is 2.19. The number of nitrogens with one attached hydrogen (secondary N) is 2. The summed E-state index contributed by atoms with van der Waals surface area (Å²) in [5, 5.41) is 5.84. The zero-order valence-corrected chi connectivity index (χ0v) is 17.7. The number of nitrogens with zero attached hydrogens (tertiary/aromatic N) is 2. The van der Waals surface area contributed by atoms with Crippen LogP contribution in [0.5, 0.6) is 0 Å². The van der Waals surface area contributed by atoms with Crippen LogP contribution >= 0.6 is 0 Å². The molecular weight excluding hydrogens is 352 g/mol. The molecule has 1 aromatic heterocycles. The Morgan fingerprint density at radius 3 is 2.18 bits per heavy atom. The van der Waals surface area contributed by atoms with Gasteiger partial charge in [-0.15, -0.1) is 0 Å². The van der Waals surface area contributed by atoms with E-state index in [1.165, 1.54) is 12.8 Å². The third-order valence-electron chi connectivity index (χ3n) is 4.31. The highest BCUT2D eigenvalue weighted by Gasteiger charge is 2.23. The number of benzene rings is 1. The first-order valence-electron chi connectivity index (χ1n) is 9.89. The molecule has 2 N–H and O–H groups in total. The standard InChI is InChI=1S/C15H19N3O.C7H13NO/c1-10(2)15(19)17-13-5-11(3)6-14(7-13)18-8-12(4)16-9-18;1-5(2)7(9)8-6-3-4-6/h5-10H,1-4H3,(H,17,19);5-6H,3-4H2,1-2H3,(H,8,9). The minimum Gasteiger partial charge on any atom is -0.353 e. The molecular formula is C22H32N4O2. The van der Waals surface area contributed by atoms with Crippen LogP contribution in [-0.2, 0) is 9.59 Å². The number of carbonyl (C=O) groups is 2. The summed E-state index contributed by atoms with van der Waals surface area (Å²) in [7, 11) is 0. The van der Waals surface area contributed by atoms with Gasteiger partial charge >= 0.3 is 0 Å². The van der Waals surface area contributed by atoms with Crippen molar-refractivity contribution < 1.29 is 9.59 Å². The minimum absolute atomic E-state index is 0.0263. The summed E-state index contributed by atoms with van der Waals surface area (Å²) in [4.78, 5) is 26.8. The monoisotopic (exact) mass is 384 g/mol. The summed E-state index contributed by atoms with van der Waals surface area (Å²) in [5.41, 5.74) is 3.89. The summed E-state index contributed by atoms with van der Waals surface area (Å²) in [6.07, 6.45) is 6.10. The second kappa shape index (κ2) is 9.53. The van der Waals surface area contributed by atoms with Crippen molar-refractivity contribution in [3.63, 3.8) is 0 Å². The van der Waals surface area contributed by atoms with Gasteiger partial charge < -0.3 is 15.2 Å². The molecule has 2 aromatic rings. The highest BCUT2D eigenvalue weighted by atomic mass is 16.2. The van der Waals surface area contributed by atoms with Crippen LogP contribution < -0.4 is 10.6 Å². The van der Waals surface area contributed by atoms with Crippen LogP contribution in [0.4, 0.5) is 5.69 Å². The predicted molar refractivity (Wildman–Crippen MR) is 113 cm³/mol. The Labute approximate surface area is 167 Å². The summed E-state index contributed by atoms with van der Waals surface area (Å²) in [6.45, 7) is 11.6. The van der Waals surface area contributed by atoms with E-state index in [4.69, 9.17) is 0 Å². The molecule has 1 aliphatic carbocycles. The molecule has 6 heteroatoms. The first kappa shape index (κ1) is 21.7. The van der Waals surface area contributed by atoms with E-state index in [0.29, 0.717) is 6.04 Å². The molecule has 0 unspecified atom stereocenters. The molecule has 0 bridgehead atoms. The van der Waals surface area contributed by atoms with Crippen LogP contribution in [0.2, 0.25) is 0 Å². The molecule has 0 aliphatic heterocycles. The number of rotatable bonds is 5. The van der Waals surface area contributed by atoms with Gasteiger partial charge in [0, 0.05) is 35.4 Å². The zero-order chi connectivity index (χ0) is 20.8. The second-order valence-electron chi connectivity index (χ2n) is 8.06. The van der Waals surface area contributed by atoms with E-state index in [2.05, 4.69) is 21.7 Å². The van der Waals surface area contributed by atoms with Crippen molar-refractivity contribution in [2.45, 2.75) is 60.4 Å². The number of anilines is 1. The van der Waals surface area contributed by atoms with Gasteiger partial charge in [0.1, 0.15) is 0 Å². The van der Waals surface area contributed by atoms with Gasteiger partial charge in [0.25, 0.3) is 0 Å². The van der Waals surface area contributed by atoms with Crippen molar-refractivity contribution in [2.75, 3.05) is 5.32 Å². The lowest BCUT2D eigenvalue weighted by atomic mass is 10.1. The number of carbonyl (C=O) groups excluding carboxylic acids is 2. The molecule has 0 radical (unpaired) electrons. The smallest absolute Gasteiger partial charge is 0.226 e. The number of amides is 2. The van der Waals surface area contributed by atoms with Gasteiger partial charge in [0.2, 0.25) is 11.8 Å². The van der Waals surface area contributed by atoms with Crippen molar-refractivity contribution in [3.8, 4) is 5.69 Å². The fourth-order valence-electron chi connectivity index (χ4n) is 2.43. The van der Waals surface area contributed by atoms with E-state index in [-0.39, 0.29) is 23.7 Å². The highest BCUT2D eigenvalue weighted by molar-refractivity contribution is 5.92. The summed E-state index contributed by atoms with van der Waals surface area (Å²) >= 11 is 0. The van der Waals surface area contributed by atoms with Gasteiger partial charge in [0.05, 0.1) is 12.0 Å². The average Bonchev–Trinajstić information content (AvgIpc) is 3.32. The largest absolute Gasteiger partial charge is 0.353 e. The molecule has 0 atom stereocenters. The van der Waals surface area contributed by atoms with Crippen molar-refractivity contribution in [1.29, 1.82) is 0 Å². The Morgan fingerprint density at radius 2 is 1.68 bits per heavy atom. The first-order valence-corrected chi connectivity index (χ1v) is 9.89. The van der Waals surface area contributed by atoms with Gasteiger partial charge in [-0.25, -0.2) is 4.98 Å². The third-order valence-corrected chi connectivity index (χ3v) is 4.31. The molecule has 1 heterocycles. The van der Waals surface area contributed by atoms with Crippen LogP contribution in [0.1, 0.15) is 51.8 Å². The van der Waals surface area contributed by atoms with Gasteiger partial charge in [-0.3, -0.25) is 9.59 Å². The fourth-order valence-corrected chi connectivity index (χ4v) is 2.43. The SMILES string of the molecule is CC(C)C(=O)NC1CC1.Cc1cc(NC(=O)C(C)C)cc(-n2cnc(C)c2)c1. The number of imidazole rings is 1. The van der Waals surface area contributed by atoms with E-state index >= 15 is 0 Å². The van der Waals surface area contributed by atoms with Crippen LogP contribution in [-0.4, -0.2) is 27.4 Å². The maximum atomic E-state index is 11.7. The molecule has 1 saturated carbocycles. The van der Waals surface area contributed by atoms with Crippen molar-refractivity contribution >= 4 is 17.5 Å². The predicted octanol–water partition coefficient (Wildman–Crippen LogP) is 4.00. The maximum Gasteiger partial charge on any atom is 0.226 e. The average molecular weight is 385 g/mol. The molecule has 1 aliphatic rings. The number of aromatic nitrogens is 2. The Balaban J connectivity index is 0.000000261. The fraction of sp³-hybridized carbons (Fsp3) is 0.500. The lowest BCUT2D eigenvalue weighted by molar-refractivity contribution is -0.124. The topological polar surface area (TPSA) is 76.0 Å². The van der Waals surface area contributed by atoms with E-state index in [9.17, 15) is 9.59 Å².